The van der Waals surface area contributed by atoms with E-state index in [9.17, 15) is 0 Å². The highest BCUT2D eigenvalue weighted by atomic mass is 14.7. The van der Waals surface area contributed by atoms with Gasteiger partial charge in [-0.1, -0.05) is 74.9 Å². The zero-order valence-corrected chi connectivity index (χ0v) is 13.6. The highest BCUT2D eigenvalue weighted by Crippen LogP contribution is 2.15. The quantitative estimate of drug-likeness (QED) is 0.589. The highest BCUT2D eigenvalue weighted by Gasteiger charge is 1.97. The van der Waals surface area contributed by atoms with E-state index in [2.05, 4.69) is 79.5 Å². The molecule has 1 nitrogen and oxygen atoms in total. The summed E-state index contributed by atoms with van der Waals surface area (Å²) in [5.74, 6) is 0. The molecule has 0 atom stereocenters. The fraction of sp³-hybridized carbons (Fsp3) is 0.286. The topological polar surface area (TPSA) is 12.9 Å². The predicted octanol–water partition coefficient (Wildman–Crippen LogP) is 5.83. The molecule has 0 spiro atoms. The first-order chi connectivity index (χ1) is 10.8. The number of unbranched alkanes of at least 4 members (excludes halogenated alkanes) is 1. The lowest BCUT2D eigenvalue weighted by molar-refractivity contribution is 0.795. The van der Waals surface area contributed by atoms with E-state index < -0.39 is 0 Å². The van der Waals surface area contributed by atoms with Crippen LogP contribution in [0.25, 0.3) is 10.8 Å². The Balaban J connectivity index is 0.000000164. The fourth-order valence-electron chi connectivity index (χ4n) is 2.49. The average molecular weight is 291 g/mol. The summed E-state index contributed by atoms with van der Waals surface area (Å²) in [7, 11) is 0. The SMILES string of the molecule is CCCCc1ccccc1.CCc1nccc2ccccc12. The number of hydrogen-bond acceptors (Lipinski definition) is 1. The molecule has 0 aliphatic heterocycles. The van der Waals surface area contributed by atoms with Gasteiger partial charge in [0.1, 0.15) is 0 Å². The van der Waals surface area contributed by atoms with Gasteiger partial charge in [-0.3, -0.25) is 4.98 Å². The lowest BCUT2D eigenvalue weighted by Gasteiger charge is -2.01. The molecule has 0 fully saturated rings. The number of fused-ring (bicyclic) bond motifs is 1. The first-order valence-electron chi connectivity index (χ1n) is 8.21. The first kappa shape index (κ1) is 16.2. The number of hydrogen-bond donors (Lipinski definition) is 0. The lowest BCUT2D eigenvalue weighted by atomic mass is 10.1. The zero-order valence-electron chi connectivity index (χ0n) is 13.6. The molecule has 0 saturated carbocycles. The van der Waals surface area contributed by atoms with Crippen molar-refractivity contribution in [3.63, 3.8) is 0 Å². The molecule has 0 aliphatic carbocycles. The smallest absolute Gasteiger partial charge is 0.0479 e. The summed E-state index contributed by atoms with van der Waals surface area (Å²) in [4.78, 5) is 4.33. The largest absolute Gasteiger partial charge is 0.261 e. The molecule has 3 rings (SSSR count). The molecule has 0 N–H and O–H groups in total. The van der Waals surface area contributed by atoms with Crippen LogP contribution in [0.4, 0.5) is 0 Å². The number of aromatic nitrogens is 1. The van der Waals surface area contributed by atoms with Gasteiger partial charge in [0.25, 0.3) is 0 Å². The third-order valence-corrected chi connectivity index (χ3v) is 3.75. The van der Waals surface area contributed by atoms with Crippen LogP contribution in [0.15, 0.2) is 66.9 Å². The molecule has 0 unspecified atom stereocenters. The van der Waals surface area contributed by atoms with E-state index in [1.807, 2.05) is 6.20 Å². The highest BCUT2D eigenvalue weighted by molar-refractivity contribution is 5.84. The molecular formula is C21H25N. The Morgan fingerprint density at radius 3 is 2.27 bits per heavy atom. The molecule has 1 heteroatoms. The van der Waals surface area contributed by atoms with Crippen LogP contribution in [0.3, 0.4) is 0 Å². The van der Waals surface area contributed by atoms with Gasteiger partial charge < -0.3 is 0 Å². The molecule has 1 aromatic heterocycles. The molecule has 114 valence electrons. The minimum absolute atomic E-state index is 1.00. The van der Waals surface area contributed by atoms with Crippen molar-refractivity contribution in [3.05, 3.63) is 78.1 Å². The van der Waals surface area contributed by atoms with E-state index in [-0.39, 0.29) is 0 Å². The molecule has 0 radical (unpaired) electrons. The summed E-state index contributed by atoms with van der Waals surface area (Å²) in [6.07, 6.45) is 6.71. The maximum atomic E-state index is 4.33. The second kappa shape index (κ2) is 8.99. The Bertz CT molecular complexity index is 668. The fourth-order valence-corrected chi connectivity index (χ4v) is 2.49. The van der Waals surface area contributed by atoms with Crippen molar-refractivity contribution < 1.29 is 0 Å². The maximum absolute atomic E-state index is 4.33. The van der Waals surface area contributed by atoms with E-state index in [4.69, 9.17) is 0 Å². The van der Waals surface area contributed by atoms with Crippen molar-refractivity contribution >= 4 is 10.8 Å². The normalized spacial score (nSPS) is 10.1. The van der Waals surface area contributed by atoms with Crippen molar-refractivity contribution in [1.29, 1.82) is 0 Å². The van der Waals surface area contributed by atoms with Gasteiger partial charge in [-0.15, -0.1) is 0 Å². The molecule has 1 heterocycles. The van der Waals surface area contributed by atoms with Crippen molar-refractivity contribution in [1.82, 2.24) is 4.98 Å². The minimum atomic E-state index is 1.00. The molecule has 0 aliphatic rings. The van der Waals surface area contributed by atoms with Gasteiger partial charge >= 0.3 is 0 Å². The Hall–Kier alpha value is -2.15. The summed E-state index contributed by atoms with van der Waals surface area (Å²) < 4.78 is 0. The summed E-state index contributed by atoms with van der Waals surface area (Å²) in [6, 6.07) is 21.1. The van der Waals surface area contributed by atoms with Crippen molar-refractivity contribution in [3.8, 4) is 0 Å². The van der Waals surface area contributed by atoms with Crippen LogP contribution in [-0.2, 0) is 12.8 Å². The molecule has 22 heavy (non-hydrogen) atoms. The number of rotatable bonds is 4. The predicted molar refractivity (Wildman–Crippen MR) is 96.2 cm³/mol. The van der Waals surface area contributed by atoms with Crippen molar-refractivity contribution in [2.45, 2.75) is 39.5 Å². The van der Waals surface area contributed by atoms with E-state index in [0.717, 1.165) is 6.42 Å². The summed E-state index contributed by atoms with van der Waals surface area (Å²) in [5, 5.41) is 2.56. The lowest BCUT2D eigenvalue weighted by Crippen LogP contribution is -1.87. The molecule has 2 aromatic carbocycles. The number of aryl methyl sites for hydroxylation is 2. The Labute approximate surface area is 134 Å². The molecule has 0 bridgehead atoms. The van der Waals surface area contributed by atoms with Gasteiger partial charge in [0, 0.05) is 17.3 Å². The van der Waals surface area contributed by atoms with Gasteiger partial charge in [0.05, 0.1) is 0 Å². The first-order valence-corrected chi connectivity index (χ1v) is 8.21. The van der Waals surface area contributed by atoms with Crippen LogP contribution >= 0.6 is 0 Å². The number of benzene rings is 2. The van der Waals surface area contributed by atoms with Crippen LogP contribution in [0.1, 0.15) is 37.9 Å². The second-order valence-corrected chi connectivity index (χ2v) is 5.42. The van der Waals surface area contributed by atoms with Gasteiger partial charge in [0.2, 0.25) is 0 Å². The monoisotopic (exact) mass is 291 g/mol. The molecule has 0 saturated heterocycles. The van der Waals surface area contributed by atoms with Crippen LogP contribution in [0.5, 0.6) is 0 Å². The van der Waals surface area contributed by atoms with E-state index >= 15 is 0 Å². The van der Waals surface area contributed by atoms with E-state index in [1.54, 1.807) is 0 Å². The Kier molecular flexibility index (Phi) is 6.63. The van der Waals surface area contributed by atoms with Gasteiger partial charge in [-0.05, 0) is 36.3 Å². The van der Waals surface area contributed by atoms with Crippen LogP contribution < -0.4 is 0 Å². The zero-order chi connectivity index (χ0) is 15.6. The average Bonchev–Trinajstić information content (AvgIpc) is 2.61. The minimum Gasteiger partial charge on any atom is -0.261 e. The van der Waals surface area contributed by atoms with Crippen LogP contribution in [0.2, 0.25) is 0 Å². The van der Waals surface area contributed by atoms with Gasteiger partial charge in [-0.2, -0.15) is 0 Å². The molecule has 3 aromatic rings. The molecular weight excluding hydrogens is 266 g/mol. The van der Waals surface area contributed by atoms with Crippen LogP contribution in [-0.4, -0.2) is 4.98 Å². The second-order valence-electron chi connectivity index (χ2n) is 5.42. The van der Waals surface area contributed by atoms with Crippen molar-refractivity contribution in [2.75, 3.05) is 0 Å². The third-order valence-electron chi connectivity index (χ3n) is 3.75. The summed E-state index contributed by atoms with van der Waals surface area (Å²) in [6.45, 7) is 4.36. The maximum Gasteiger partial charge on any atom is 0.0479 e. The Morgan fingerprint density at radius 2 is 1.55 bits per heavy atom. The van der Waals surface area contributed by atoms with Crippen molar-refractivity contribution in [2.24, 2.45) is 0 Å². The van der Waals surface area contributed by atoms with Gasteiger partial charge in [-0.25, -0.2) is 0 Å². The van der Waals surface area contributed by atoms with E-state index in [0.29, 0.717) is 0 Å². The molecule has 0 amide bonds. The van der Waals surface area contributed by atoms with E-state index in [1.165, 1.54) is 41.3 Å². The summed E-state index contributed by atoms with van der Waals surface area (Å²) >= 11 is 0. The van der Waals surface area contributed by atoms with Gasteiger partial charge in [0.15, 0.2) is 0 Å². The van der Waals surface area contributed by atoms with Crippen LogP contribution in [0, 0.1) is 0 Å². The third kappa shape index (κ3) is 4.70. The summed E-state index contributed by atoms with van der Waals surface area (Å²) in [5.41, 5.74) is 2.65. The number of nitrogens with zero attached hydrogens (tertiary/aromatic N) is 1. The standard InChI is InChI=1S/C11H11N.C10H14/c1-2-11-10-6-4-3-5-9(10)7-8-12-11;1-2-3-7-10-8-5-4-6-9-10/h3-8H,2H2,1H3;4-6,8-9H,2-3,7H2,1H3. The Morgan fingerprint density at radius 1 is 0.818 bits per heavy atom. The number of pyridine rings is 1.